The van der Waals surface area contributed by atoms with Crippen LogP contribution in [0.2, 0.25) is 10.0 Å². The molecule has 0 saturated heterocycles. The molecule has 1 N–H and O–H groups in total. The second-order valence-corrected chi connectivity index (χ2v) is 6.32. The van der Waals surface area contributed by atoms with Crippen molar-refractivity contribution < 1.29 is 9.90 Å². The van der Waals surface area contributed by atoms with Gasteiger partial charge in [0.25, 0.3) is 0 Å². The number of aromatic nitrogens is 2. The van der Waals surface area contributed by atoms with E-state index in [1.54, 1.807) is 28.9 Å². The molecule has 4 nitrogen and oxygen atoms in total. The van der Waals surface area contributed by atoms with Gasteiger partial charge >= 0.3 is 5.97 Å². The lowest BCUT2D eigenvalue weighted by Crippen LogP contribution is -2.06. The van der Waals surface area contributed by atoms with Gasteiger partial charge in [0, 0.05) is 10.0 Å². The van der Waals surface area contributed by atoms with Gasteiger partial charge in [0.1, 0.15) is 0 Å². The van der Waals surface area contributed by atoms with E-state index in [4.69, 9.17) is 23.2 Å². The Morgan fingerprint density at radius 3 is 2.50 bits per heavy atom. The second-order valence-electron chi connectivity index (χ2n) is 5.48. The normalized spacial score (nSPS) is 10.8. The third-order valence-electron chi connectivity index (χ3n) is 3.67. The van der Waals surface area contributed by atoms with Crippen LogP contribution in [0.3, 0.4) is 0 Å². The first kappa shape index (κ1) is 16.6. The maximum atomic E-state index is 11.3. The van der Waals surface area contributed by atoms with Crippen LogP contribution in [0.5, 0.6) is 0 Å². The molecular weight excluding hydrogens is 347 g/mol. The van der Waals surface area contributed by atoms with Crippen LogP contribution in [0.25, 0.3) is 11.3 Å². The summed E-state index contributed by atoms with van der Waals surface area (Å²) in [7, 11) is 0. The van der Waals surface area contributed by atoms with Crippen LogP contribution in [0.4, 0.5) is 0 Å². The molecule has 0 saturated carbocycles. The largest absolute Gasteiger partial charge is 0.476 e. The van der Waals surface area contributed by atoms with Gasteiger partial charge in [-0.25, -0.2) is 4.79 Å². The van der Waals surface area contributed by atoms with Gasteiger partial charge in [0.2, 0.25) is 0 Å². The Bertz CT molecular complexity index is 902. The molecule has 24 heavy (non-hydrogen) atoms. The van der Waals surface area contributed by atoms with Crippen molar-refractivity contribution in [3.05, 3.63) is 75.4 Å². The SMILES string of the molecule is Cc1ccc(-c2cc(C(=O)O)nn2Cc2cc(Cl)ccc2Cl)cc1. The highest BCUT2D eigenvalue weighted by Crippen LogP contribution is 2.26. The van der Waals surface area contributed by atoms with E-state index < -0.39 is 5.97 Å². The first-order valence-electron chi connectivity index (χ1n) is 7.26. The molecule has 1 heterocycles. The molecule has 0 aliphatic rings. The number of nitrogens with zero attached hydrogens (tertiary/aromatic N) is 2. The zero-order chi connectivity index (χ0) is 17.3. The van der Waals surface area contributed by atoms with Crippen LogP contribution in [0.1, 0.15) is 21.6 Å². The minimum Gasteiger partial charge on any atom is -0.476 e. The van der Waals surface area contributed by atoms with Gasteiger partial charge in [-0.1, -0.05) is 53.0 Å². The quantitative estimate of drug-likeness (QED) is 0.718. The van der Waals surface area contributed by atoms with E-state index in [0.717, 1.165) is 16.7 Å². The van der Waals surface area contributed by atoms with Gasteiger partial charge in [0.15, 0.2) is 5.69 Å². The van der Waals surface area contributed by atoms with E-state index in [9.17, 15) is 9.90 Å². The molecular formula is C18H14Cl2N2O2. The predicted molar refractivity (Wildman–Crippen MR) is 94.9 cm³/mol. The van der Waals surface area contributed by atoms with Crippen molar-refractivity contribution in [3.63, 3.8) is 0 Å². The third kappa shape index (κ3) is 3.45. The highest BCUT2D eigenvalue weighted by molar-refractivity contribution is 6.33. The Morgan fingerprint density at radius 1 is 1.12 bits per heavy atom. The molecule has 6 heteroatoms. The zero-order valence-electron chi connectivity index (χ0n) is 12.8. The van der Waals surface area contributed by atoms with Crippen molar-refractivity contribution in [1.29, 1.82) is 0 Å². The lowest BCUT2D eigenvalue weighted by molar-refractivity contribution is 0.0689. The summed E-state index contributed by atoms with van der Waals surface area (Å²) in [4.78, 5) is 11.3. The fraction of sp³-hybridized carbons (Fsp3) is 0.111. The van der Waals surface area contributed by atoms with E-state index in [1.807, 2.05) is 31.2 Å². The fourth-order valence-corrected chi connectivity index (χ4v) is 2.80. The fourth-order valence-electron chi connectivity index (χ4n) is 2.42. The van der Waals surface area contributed by atoms with Crippen molar-refractivity contribution in [2.75, 3.05) is 0 Å². The molecule has 1 aromatic heterocycles. The molecule has 0 amide bonds. The number of aromatic carboxylic acids is 1. The summed E-state index contributed by atoms with van der Waals surface area (Å²) >= 11 is 12.2. The molecule has 0 bridgehead atoms. The van der Waals surface area contributed by atoms with Crippen molar-refractivity contribution >= 4 is 29.2 Å². The van der Waals surface area contributed by atoms with Crippen LogP contribution < -0.4 is 0 Å². The molecule has 0 atom stereocenters. The highest BCUT2D eigenvalue weighted by Gasteiger charge is 2.16. The van der Waals surface area contributed by atoms with Crippen LogP contribution >= 0.6 is 23.2 Å². The van der Waals surface area contributed by atoms with Crippen LogP contribution in [-0.2, 0) is 6.54 Å². The molecule has 0 aliphatic carbocycles. The Morgan fingerprint density at radius 2 is 1.83 bits per heavy atom. The average molecular weight is 361 g/mol. The number of hydrogen-bond donors (Lipinski definition) is 1. The summed E-state index contributed by atoms with van der Waals surface area (Å²) in [5, 5.41) is 14.6. The second kappa shape index (κ2) is 6.67. The number of carbonyl (C=O) groups is 1. The monoisotopic (exact) mass is 360 g/mol. The third-order valence-corrected chi connectivity index (χ3v) is 4.28. The smallest absolute Gasteiger partial charge is 0.356 e. The van der Waals surface area contributed by atoms with E-state index >= 15 is 0 Å². The Hall–Kier alpha value is -2.30. The Kier molecular flexibility index (Phi) is 4.60. The van der Waals surface area contributed by atoms with Crippen molar-refractivity contribution in [2.24, 2.45) is 0 Å². The van der Waals surface area contributed by atoms with Crippen LogP contribution in [-0.4, -0.2) is 20.9 Å². The molecule has 0 spiro atoms. The summed E-state index contributed by atoms with van der Waals surface area (Å²) in [6.07, 6.45) is 0. The van der Waals surface area contributed by atoms with Crippen molar-refractivity contribution in [3.8, 4) is 11.3 Å². The molecule has 122 valence electrons. The molecule has 3 aromatic rings. The van der Waals surface area contributed by atoms with E-state index in [1.165, 1.54) is 0 Å². The molecule has 0 fully saturated rings. The van der Waals surface area contributed by atoms with Gasteiger partial charge in [-0.15, -0.1) is 0 Å². The number of hydrogen-bond acceptors (Lipinski definition) is 2. The first-order valence-corrected chi connectivity index (χ1v) is 8.02. The molecule has 0 radical (unpaired) electrons. The maximum absolute atomic E-state index is 11.3. The number of halogens is 2. The first-order chi connectivity index (χ1) is 11.4. The van der Waals surface area contributed by atoms with E-state index in [-0.39, 0.29) is 5.69 Å². The summed E-state index contributed by atoms with van der Waals surface area (Å²) < 4.78 is 1.63. The lowest BCUT2D eigenvalue weighted by Gasteiger charge is -2.10. The van der Waals surface area contributed by atoms with Crippen LogP contribution in [0, 0.1) is 6.92 Å². The molecule has 0 aliphatic heterocycles. The Labute approximate surface area is 149 Å². The van der Waals surface area contributed by atoms with Gasteiger partial charge in [0.05, 0.1) is 12.2 Å². The predicted octanol–water partition coefficient (Wildman–Crippen LogP) is 4.91. The maximum Gasteiger partial charge on any atom is 0.356 e. The van der Waals surface area contributed by atoms with Crippen molar-refractivity contribution in [2.45, 2.75) is 13.5 Å². The minimum absolute atomic E-state index is 0.0104. The lowest BCUT2D eigenvalue weighted by atomic mass is 10.1. The molecule has 3 rings (SSSR count). The van der Waals surface area contributed by atoms with Gasteiger partial charge in [-0.3, -0.25) is 4.68 Å². The zero-order valence-corrected chi connectivity index (χ0v) is 14.3. The number of benzene rings is 2. The van der Waals surface area contributed by atoms with Crippen LogP contribution in [0.15, 0.2) is 48.5 Å². The summed E-state index contributed by atoms with van der Waals surface area (Å²) in [6.45, 7) is 2.32. The van der Waals surface area contributed by atoms with Gasteiger partial charge < -0.3 is 5.11 Å². The number of carboxylic acids is 1. The topological polar surface area (TPSA) is 55.1 Å². The molecule has 0 unspecified atom stereocenters. The number of aryl methyl sites for hydroxylation is 1. The Balaban J connectivity index is 2.07. The molecule has 2 aromatic carbocycles. The number of carboxylic acid groups (broad SMARTS) is 1. The van der Waals surface area contributed by atoms with Gasteiger partial charge in [-0.2, -0.15) is 5.10 Å². The standard InChI is InChI=1S/C18H14Cl2N2O2/c1-11-2-4-12(5-3-11)17-9-16(18(23)24)21-22(17)10-13-8-14(19)6-7-15(13)20/h2-9H,10H2,1H3,(H,23,24). The summed E-state index contributed by atoms with van der Waals surface area (Å²) in [5.74, 6) is -1.07. The average Bonchev–Trinajstić information content (AvgIpc) is 2.96. The van der Waals surface area contributed by atoms with Crippen molar-refractivity contribution in [1.82, 2.24) is 9.78 Å². The minimum atomic E-state index is -1.07. The van der Waals surface area contributed by atoms with Gasteiger partial charge in [-0.05, 0) is 42.3 Å². The highest BCUT2D eigenvalue weighted by atomic mass is 35.5. The summed E-state index contributed by atoms with van der Waals surface area (Å²) in [6, 6.07) is 14.6. The van der Waals surface area contributed by atoms with E-state index in [2.05, 4.69) is 5.10 Å². The summed E-state index contributed by atoms with van der Waals surface area (Å²) in [5.41, 5.74) is 3.49. The van der Waals surface area contributed by atoms with E-state index in [0.29, 0.717) is 22.3 Å². The number of rotatable bonds is 4.